The Hall–Kier alpha value is -3.60. The number of benzene rings is 1. The highest BCUT2D eigenvalue weighted by Crippen LogP contribution is 2.31. The van der Waals surface area contributed by atoms with Crippen molar-refractivity contribution in [3.05, 3.63) is 70.1 Å². The maximum Gasteiger partial charge on any atom is 0.256 e. The van der Waals surface area contributed by atoms with E-state index in [4.69, 9.17) is 16.3 Å². The van der Waals surface area contributed by atoms with E-state index in [1.165, 1.54) is 11.1 Å². The Balaban J connectivity index is 1.31. The van der Waals surface area contributed by atoms with E-state index in [-0.39, 0.29) is 31.0 Å². The van der Waals surface area contributed by atoms with Crippen molar-refractivity contribution >= 4 is 29.4 Å². The van der Waals surface area contributed by atoms with Crippen molar-refractivity contribution in [1.29, 1.82) is 0 Å². The molecule has 2 aliphatic heterocycles. The smallest absolute Gasteiger partial charge is 0.256 e. The van der Waals surface area contributed by atoms with E-state index >= 15 is 0 Å². The number of nitrogens with one attached hydrogen (secondary N) is 2. The lowest BCUT2D eigenvalue weighted by atomic mass is 10.0. The highest BCUT2D eigenvalue weighted by molar-refractivity contribution is 6.33. The van der Waals surface area contributed by atoms with Crippen molar-refractivity contribution in [2.24, 2.45) is 0 Å². The Morgan fingerprint density at radius 3 is 2.77 bits per heavy atom. The molecule has 39 heavy (non-hydrogen) atoms. The van der Waals surface area contributed by atoms with Crippen molar-refractivity contribution in [1.82, 2.24) is 25.2 Å². The van der Waals surface area contributed by atoms with E-state index in [0.717, 1.165) is 24.0 Å². The molecule has 0 aliphatic carbocycles. The summed E-state index contributed by atoms with van der Waals surface area (Å²) in [5.41, 5.74) is 3.86. The number of hydrogen-bond acceptors (Lipinski definition) is 8. The molecule has 0 bridgehead atoms. The van der Waals surface area contributed by atoms with Gasteiger partial charge in [0.15, 0.2) is 0 Å². The standard InChI is InChI=1S/C28H31ClN6O4/c1-16-4-3-5-18(10-16)24(15-36)33-26(37)17(2)35-14-23-21(27(35)38)11-19(12-30-23)25-22(29)13-31-28(34-25)32-20-6-8-39-9-7-20/h3-5,10-13,17,20,24,36H,6-9,14-15H2,1-2H3,(H,33,37)(H,31,32,34)/t17?,24-/m1/s1. The van der Waals surface area contributed by atoms with Gasteiger partial charge in [-0.2, -0.15) is 0 Å². The van der Waals surface area contributed by atoms with Crippen molar-refractivity contribution in [3.63, 3.8) is 0 Å². The second-order valence-electron chi connectivity index (χ2n) is 9.91. The third-order valence-electron chi connectivity index (χ3n) is 7.14. The highest BCUT2D eigenvalue weighted by atomic mass is 35.5. The number of anilines is 1. The first-order valence-corrected chi connectivity index (χ1v) is 13.4. The molecule has 0 spiro atoms. The van der Waals surface area contributed by atoms with Gasteiger partial charge >= 0.3 is 0 Å². The van der Waals surface area contributed by atoms with Gasteiger partial charge in [0.25, 0.3) is 5.91 Å². The third-order valence-corrected chi connectivity index (χ3v) is 7.42. The molecule has 2 atom stereocenters. The second kappa shape index (κ2) is 11.6. The fraction of sp³-hybridized carbons (Fsp3) is 0.393. The van der Waals surface area contributed by atoms with Crippen molar-refractivity contribution in [2.75, 3.05) is 25.1 Å². The Kier molecular flexibility index (Phi) is 8.06. The summed E-state index contributed by atoms with van der Waals surface area (Å²) < 4.78 is 5.41. The van der Waals surface area contributed by atoms with E-state index in [1.807, 2.05) is 31.2 Å². The van der Waals surface area contributed by atoms with Crippen LogP contribution in [0, 0.1) is 6.92 Å². The summed E-state index contributed by atoms with van der Waals surface area (Å²) in [6.45, 7) is 4.93. The number of aryl methyl sites for hydroxylation is 1. The molecule has 2 aromatic heterocycles. The molecule has 10 nitrogen and oxygen atoms in total. The van der Waals surface area contributed by atoms with E-state index in [1.54, 1.807) is 19.2 Å². The molecule has 1 saturated heterocycles. The normalized spacial score (nSPS) is 17.0. The maximum absolute atomic E-state index is 13.4. The average Bonchev–Trinajstić information content (AvgIpc) is 3.28. The van der Waals surface area contributed by atoms with E-state index in [9.17, 15) is 14.7 Å². The van der Waals surface area contributed by atoms with E-state index in [0.29, 0.717) is 46.7 Å². The summed E-state index contributed by atoms with van der Waals surface area (Å²) in [6, 6.07) is 8.17. The van der Waals surface area contributed by atoms with Gasteiger partial charge in [-0.3, -0.25) is 14.6 Å². The van der Waals surface area contributed by atoms with Crippen LogP contribution in [0.4, 0.5) is 5.95 Å². The zero-order valence-corrected chi connectivity index (χ0v) is 22.6. The van der Waals surface area contributed by atoms with Crippen LogP contribution in [-0.2, 0) is 16.1 Å². The molecule has 0 radical (unpaired) electrons. The molecule has 1 unspecified atom stereocenters. The van der Waals surface area contributed by atoms with Crippen LogP contribution in [0.15, 0.2) is 42.7 Å². The van der Waals surface area contributed by atoms with Crippen LogP contribution in [0.3, 0.4) is 0 Å². The van der Waals surface area contributed by atoms with Crippen LogP contribution >= 0.6 is 11.6 Å². The molecular weight excluding hydrogens is 520 g/mol. The van der Waals surface area contributed by atoms with Gasteiger partial charge in [0.1, 0.15) is 6.04 Å². The topological polar surface area (TPSA) is 130 Å². The first-order chi connectivity index (χ1) is 18.8. The Bertz CT molecular complexity index is 1380. The fourth-order valence-electron chi connectivity index (χ4n) is 4.85. The van der Waals surface area contributed by atoms with Crippen LogP contribution in [-0.4, -0.2) is 68.7 Å². The molecule has 3 aromatic rings. The van der Waals surface area contributed by atoms with Gasteiger partial charge in [0.2, 0.25) is 11.9 Å². The minimum absolute atomic E-state index is 0.200. The largest absolute Gasteiger partial charge is 0.394 e. The van der Waals surface area contributed by atoms with Gasteiger partial charge in [0, 0.05) is 31.0 Å². The number of amides is 2. The summed E-state index contributed by atoms with van der Waals surface area (Å²) >= 11 is 6.43. The molecule has 4 heterocycles. The van der Waals surface area contributed by atoms with Gasteiger partial charge in [-0.15, -0.1) is 0 Å². The molecule has 5 rings (SSSR count). The molecule has 11 heteroatoms. The summed E-state index contributed by atoms with van der Waals surface area (Å²) in [4.78, 5) is 41.4. The summed E-state index contributed by atoms with van der Waals surface area (Å²) in [7, 11) is 0. The fourth-order valence-corrected chi connectivity index (χ4v) is 5.05. The SMILES string of the molecule is Cc1cccc([C@@H](CO)NC(=O)C(C)N2Cc3ncc(-c4nc(NC5CCOCC5)ncc4Cl)cc3C2=O)c1. The number of halogens is 1. The Morgan fingerprint density at radius 1 is 1.23 bits per heavy atom. The maximum atomic E-state index is 13.4. The first-order valence-electron chi connectivity index (χ1n) is 13.0. The lowest BCUT2D eigenvalue weighted by Crippen LogP contribution is -2.46. The Labute approximate surface area is 231 Å². The minimum atomic E-state index is -0.771. The summed E-state index contributed by atoms with van der Waals surface area (Å²) in [5.74, 6) is -0.212. The third kappa shape index (κ3) is 5.88. The van der Waals surface area contributed by atoms with Crippen LogP contribution in [0.5, 0.6) is 0 Å². The number of pyridine rings is 1. The monoisotopic (exact) mass is 550 g/mol. The number of ether oxygens (including phenoxy) is 1. The zero-order chi connectivity index (χ0) is 27.5. The van der Waals surface area contributed by atoms with Crippen molar-refractivity contribution < 1.29 is 19.4 Å². The predicted molar refractivity (Wildman–Crippen MR) is 146 cm³/mol. The van der Waals surface area contributed by atoms with Crippen molar-refractivity contribution in [2.45, 2.75) is 51.4 Å². The number of nitrogens with zero attached hydrogens (tertiary/aromatic N) is 4. The number of hydrogen-bond donors (Lipinski definition) is 3. The minimum Gasteiger partial charge on any atom is -0.394 e. The molecule has 2 amide bonds. The van der Waals surface area contributed by atoms with Gasteiger partial charge < -0.3 is 25.4 Å². The lowest BCUT2D eigenvalue weighted by molar-refractivity contribution is -0.126. The number of fused-ring (bicyclic) bond motifs is 1. The quantitative estimate of drug-likeness (QED) is 0.389. The second-order valence-corrected chi connectivity index (χ2v) is 10.3. The number of aliphatic hydroxyl groups is 1. The van der Waals surface area contributed by atoms with Crippen LogP contribution < -0.4 is 10.6 Å². The average molecular weight is 551 g/mol. The van der Waals surface area contributed by atoms with Crippen molar-refractivity contribution in [3.8, 4) is 11.3 Å². The molecule has 204 valence electrons. The number of rotatable bonds is 8. The number of carbonyl (C=O) groups excluding carboxylic acids is 2. The predicted octanol–water partition coefficient (Wildman–Crippen LogP) is 3.29. The highest BCUT2D eigenvalue weighted by Gasteiger charge is 2.36. The first kappa shape index (κ1) is 27.0. The van der Waals surface area contributed by atoms with Gasteiger partial charge in [-0.25, -0.2) is 9.97 Å². The van der Waals surface area contributed by atoms with E-state index < -0.39 is 12.1 Å². The number of carbonyl (C=O) groups is 2. The molecule has 1 fully saturated rings. The molecule has 3 N–H and O–H groups in total. The Morgan fingerprint density at radius 2 is 2.03 bits per heavy atom. The molecule has 0 saturated carbocycles. The van der Waals surface area contributed by atoms with Crippen LogP contribution in [0.25, 0.3) is 11.3 Å². The number of aromatic nitrogens is 3. The molecular formula is C28H31ClN6O4. The zero-order valence-electron chi connectivity index (χ0n) is 21.9. The molecule has 2 aliphatic rings. The molecule has 1 aromatic carbocycles. The summed E-state index contributed by atoms with van der Waals surface area (Å²) in [5, 5.41) is 16.4. The van der Waals surface area contributed by atoms with Gasteiger partial charge in [-0.05, 0) is 38.3 Å². The summed E-state index contributed by atoms with van der Waals surface area (Å²) in [6.07, 6.45) is 4.89. The van der Waals surface area contributed by atoms with Gasteiger partial charge in [0.05, 0.1) is 47.4 Å². The van der Waals surface area contributed by atoms with Crippen LogP contribution in [0.2, 0.25) is 5.02 Å². The van der Waals surface area contributed by atoms with Crippen LogP contribution in [0.1, 0.15) is 53.0 Å². The van der Waals surface area contributed by atoms with E-state index in [2.05, 4.69) is 25.6 Å². The lowest BCUT2D eigenvalue weighted by Gasteiger charge is -2.26. The number of aliphatic hydroxyl groups excluding tert-OH is 1. The van der Waals surface area contributed by atoms with Gasteiger partial charge in [-0.1, -0.05) is 41.4 Å².